The van der Waals surface area contributed by atoms with Gasteiger partial charge in [-0.05, 0) is 46.3 Å². The van der Waals surface area contributed by atoms with E-state index in [-0.39, 0.29) is 19.1 Å². The lowest BCUT2D eigenvalue weighted by molar-refractivity contribution is 0.0957. The minimum absolute atomic E-state index is 0.224. The first-order valence-corrected chi connectivity index (χ1v) is 7.60. The van der Waals surface area contributed by atoms with Crippen LogP contribution >= 0.6 is 15.9 Å². The second-order valence-electron chi connectivity index (χ2n) is 4.36. The van der Waals surface area contributed by atoms with Crippen LogP contribution in [0.15, 0.2) is 47.2 Å². The first-order chi connectivity index (χ1) is 11.2. The third-order valence-electron chi connectivity index (χ3n) is 2.83. The van der Waals surface area contributed by atoms with Crippen LogP contribution in [-0.2, 0) is 0 Å². The zero-order valence-corrected chi connectivity index (χ0v) is 14.1. The number of aromatic nitrogens is 1. The average Bonchev–Trinajstić information content (AvgIpc) is 2.59. The molecule has 23 heavy (non-hydrogen) atoms. The summed E-state index contributed by atoms with van der Waals surface area (Å²) in [5.41, 5.74) is 0.498. The van der Waals surface area contributed by atoms with Crippen molar-refractivity contribution in [3.05, 3.63) is 52.8 Å². The quantitative estimate of drug-likeness (QED) is 0.817. The Hall–Kier alpha value is -2.52. The Morgan fingerprint density at radius 1 is 1.30 bits per heavy atom. The Kier molecular flexibility index (Phi) is 6.45. The summed E-state index contributed by atoms with van der Waals surface area (Å²) in [6.45, 7) is 0.475. The molecule has 1 N–H and O–H groups in total. The number of carbonyl (C=O) groups excluding carboxylic acids is 1. The molecule has 1 aromatic heterocycles. The summed E-state index contributed by atoms with van der Waals surface area (Å²) in [4.78, 5) is 16.0. The molecule has 0 fully saturated rings. The highest BCUT2D eigenvalue weighted by molar-refractivity contribution is 9.10. The fraction of sp³-hybridized carbons (Fsp3) is 0.176. The molecule has 2 rings (SSSR count). The monoisotopic (exact) mass is 374 g/mol. The third-order valence-corrected chi connectivity index (χ3v) is 3.52. The number of methoxy groups -OCH3 is 1. The lowest BCUT2D eigenvalue weighted by Crippen LogP contribution is -2.24. The van der Waals surface area contributed by atoms with Gasteiger partial charge in [-0.2, -0.15) is 0 Å². The molecule has 0 atom stereocenters. The Labute approximate surface area is 143 Å². The van der Waals surface area contributed by atoms with Crippen molar-refractivity contribution >= 4 is 21.8 Å². The van der Waals surface area contributed by atoms with E-state index in [1.165, 1.54) is 0 Å². The summed E-state index contributed by atoms with van der Waals surface area (Å²) in [6, 6.07) is 8.79. The number of hydrogen-bond acceptors (Lipinski definition) is 4. The van der Waals surface area contributed by atoms with Crippen molar-refractivity contribution in [1.82, 2.24) is 10.3 Å². The van der Waals surface area contributed by atoms with Crippen LogP contribution in [0.3, 0.4) is 0 Å². The molecule has 2 aromatic rings. The Bertz CT molecular complexity index is 724. The van der Waals surface area contributed by atoms with E-state index in [9.17, 15) is 4.79 Å². The number of benzene rings is 1. The molecule has 0 aliphatic rings. The zero-order chi connectivity index (χ0) is 16.5. The number of ether oxygens (including phenoxy) is 2. The van der Waals surface area contributed by atoms with E-state index in [0.717, 1.165) is 0 Å². The number of hydrogen-bond donors (Lipinski definition) is 1. The van der Waals surface area contributed by atoms with Gasteiger partial charge < -0.3 is 14.8 Å². The van der Waals surface area contributed by atoms with Crippen molar-refractivity contribution in [2.24, 2.45) is 0 Å². The van der Waals surface area contributed by atoms with Gasteiger partial charge in [0.25, 0.3) is 5.91 Å². The van der Waals surface area contributed by atoms with Crippen molar-refractivity contribution in [3.8, 4) is 23.3 Å². The SMILES string of the molecule is COc1ccc(Br)c(C(=O)NCC#CCOc2cccnc2)c1. The van der Waals surface area contributed by atoms with Gasteiger partial charge in [-0.25, -0.2) is 0 Å². The van der Waals surface area contributed by atoms with E-state index in [1.807, 2.05) is 0 Å². The first kappa shape index (κ1) is 16.8. The van der Waals surface area contributed by atoms with E-state index in [4.69, 9.17) is 9.47 Å². The molecule has 118 valence electrons. The van der Waals surface area contributed by atoms with Gasteiger partial charge in [0.05, 0.1) is 25.4 Å². The molecule has 1 amide bonds. The molecular weight excluding hydrogens is 360 g/mol. The molecule has 5 nitrogen and oxygen atoms in total. The molecule has 0 unspecified atom stereocenters. The molecule has 0 saturated heterocycles. The van der Waals surface area contributed by atoms with E-state index < -0.39 is 0 Å². The molecule has 0 aliphatic carbocycles. The van der Waals surface area contributed by atoms with Crippen molar-refractivity contribution in [3.63, 3.8) is 0 Å². The summed E-state index contributed by atoms with van der Waals surface area (Å²) in [5.74, 6) is 6.71. The van der Waals surface area contributed by atoms with E-state index in [1.54, 1.807) is 49.8 Å². The molecular formula is C17H15BrN2O3. The van der Waals surface area contributed by atoms with Gasteiger partial charge in [-0.15, -0.1) is 0 Å². The minimum atomic E-state index is -0.224. The predicted octanol–water partition coefficient (Wildman–Crippen LogP) is 2.66. The van der Waals surface area contributed by atoms with Crippen LogP contribution in [0.5, 0.6) is 11.5 Å². The number of amides is 1. The second kappa shape index (κ2) is 8.81. The maximum absolute atomic E-state index is 12.1. The summed E-state index contributed by atoms with van der Waals surface area (Å²) < 4.78 is 11.2. The van der Waals surface area contributed by atoms with Crippen LogP contribution in [-0.4, -0.2) is 31.2 Å². The number of nitrogens with one attached hydrogen (secondary N) is 1. The first-order valence-electron chi connectivity index (χ1n) is 6.81. The van der Waals surface area contributed by atoms with E-state index in [2.05, 4.69) is 38.1 Å². The van der Waals surface area contributed by atoms with Crippen molar-refractivity contribution < 1.29 is 14.3 Å². The maximum Gasteiger partial charge on any atom is 0.253 e. The Morgan fingerprint density at radius 2 is 2.17 bits per heavy atom. The number of pyridine rings is 1. The van der Waals surface area contributed by atoms with Gasteiger partial charge in [0.15, 0.2) is 0 Å². The highest BCUT2D eigenvalue weighted by Crippen LogP contribution is 2.22. The highest BCUT2D eigenvalue weighted by Gasteiger charge is 2.10. The smallest absolute Gasteiger partial charge is 0.253 e. The lowest BCUT2D eigenvalue weighted by Gasteiger charge is -2.06. The van der Waals surface area contributed by atoms with Crippen molar-refractivity contribution in [2.75, 3.05) is 20.3 Å². The second-order valence-corrected chi connectivity index (χ2v) is 5.21. The van der Waals surface area contributed by atoms with Crippen LogP contribution in [0.2, 0.25) is 0 Å². The highest BCUT2D eigenvalue weighted by atomic mass is 79.9. The third kappa shape index (κ3) is 5.31. The minimum Gasteiger partial charge on any atom is -0.497 e. The fourth-order valence-corrected chi connectivity index (χ4v) is 2.12. The molecule has 6 heteroatoms. The number of rotatable bonds is 5. The molecule has 0 bridgehead atoms. The van der Waals surface area contributed by atoms with Crippen LogP contribution in [0.25, 0.3) is 0 Å². The van der Waals surface area contributed by atoms with Gasteiger partial charge in [0.2, 0.25) is 0 Å². The van der Waals surface area contributed by atoms with Crippen LogP contribution in [0, 0.1) is 11.8 Å². The van der Waals surface area contributed by atoms with Gasteiger partial charge in [-0.1, -0.05) is 11.8 Å². The zero-order valence-electron chi connectivity index (χ0n) is 12.5. The number of nitrogens with zero attached hydrogens (tertiary/aromatic N) is 1. The standard InChI is InChI=1S/C17H15BrN2O3/c1-22-13-6-7-16(18)15(11-13)17(21)20-9-2-3-10-23-14-5-4-8-19-12-14/h4-8,11-12H,9-10H2,1H3,(H,20,21). The number of carbonyl (C=O) groups is 1. The van der Waals surface area contributed by atoms with Gasteiger partial charge >= 0.3 is 0 Å². The summed E-state index contributed by atoms with van der Waals surface area (Å²) in [5, 5.41) is 2.72. The largest absolute Gasteiger partial charge is 0.497 e. The lowest BCUT2D eigenvalue weighted by atomic mass is 10.2. The normalized spacial score (nSPS) is 9.48. The van der Waals surface area contributed by atoms with E-state index >= 15 is 0 Å². The summed E-state index contributed by atoms with van der Waals surface area (Å²) in [6.07, 6.45) is 3.29. The van der Waals surface area contributed by atoms with Crippen LogP contribution < -0.4 is 14.8 Å². The fourth-order valence-electron chi connectivity index (χ4n) is 1.69. The number of halogens is 1. The molecule has 0 saturated carbocycles. The van der Waals surface area contributed by atoms with Crippen LogP contribution in [0.1, 0.15) is 10.4 Å². The summed E-state index contributed by atoms with van der Waals surface area (Å²) >= 11 is 3.34. The van der Waals surface area contributed by atoms with Gasteiger partial charge in [0, 0.05) is 10.7 Å². The molecule has 1 heterocycles. The summed E-state index contributed by atoms with van der Waals surface area (Å²) in [7, 11) is 1.55. The molecule has 0 radical (unpaired) electrons. The van der Waals surface area contributed by atoms with Crippen molar-refractivity contribution in [2.45, 2.75) is 0 Å². The van der Waals surface area contributed by atoms with Crippen LogP contribution in [0.4, 0.5) is 0 Å². The van der Waals surface area contributed by atoms with Crippen molar-refractivity contribution in [1.29, 1.82) is 0 Å². The Morgan fingerprint density at radius 3 is 2.91 bits per heavy atom. The van der Waals surface area contributed by atoms with Gasteiger partial charge in [0.1, 0.15) is 18.1 Å². The molecule has 1 aromatic carbocycles. The molecule has 0 aliphatic heterocycles. The topological polar surface area (TPSA) is 60.5 Å². The van der Waals surface area contributed by atoms with E-state index in [0.29, 0.717) is 21.5 Å². The predicted molar refractivity (Wildman–Crippen MR) is 90.5 cm³/mol. The Balaban J connectivity index is 1.80. The molecule has 0 spiro atoms. The van der Waals surface area contributed by atoms with Gasteiger partial charge in [-0.3, -0.25) is 9.78 Å². The maximum atomic E-state index is 12.1. The average molecular weight is 375 g/mol.